The van der Waals surface area contributed by atoms with Crippen molar-refractivity contribution in [1.29, 1.82) is 0 Å². The van der Waals surface area contributed by atoms with Crippen LogP contribution >= 0.6 is 15.9 Å². The van der Waals surface area contributed by atoms with Gasteiger partial charge in [0.2, 0.25) is 0 Å². The predicted molar refractivity (Wildman–Crippen MR) is 61.4 cm³/mol. The summed E-state index contributed by atoms with van der Waals surface area (Å²) in [6.07, 6.45) is -2.52. The average Bonchev–Trinajstić information content (AvgIpc) is 2.19. The SMILES string of the molecule is CC(F)CC(Oc1ccc(Br)cc1)C(=O)O. The summed E-state index contributed by atoms with van der Waals surface area (Å²) in [5, 5.41) is 8.84. The number of benzene rings is 1. The Balaban J connectivity index is 2.68. The number of ether oxygens (including phenoxy) is 1. The fourth-order valence-electron chi connectivity index (χ4n) is 1.17. The van der Waals surface area contributed by atoms with Crippen molar-refractivity contribution >= 4 is 21.9 Å². The van der Waals surface area contributed by atoms with Crippen LogP contribution in [0, 0.1) is 0 Å². The van der Waals surface area contributed by atoms with Crippen LogP contribution in [-0.4, -0.2) is 23.4 Å². The fourth-order valence-corrected chi connectivity index (χ4v) is 1.44. The zero-order chi connectivity index (χ0) is 12.1. The number of carboxylic acids is 1. The lowest BCUT2D eigenvalue weighted by molar-refractivity contribution is -0.146. The lowest BCUT2D eigenvalue weighted by atomic mass is 10.2. The summed E-state index contributed by atoms with van der Waals surface area (Å²) >= 11 is 3.25. The van der Waals surface area contributed by atoms with E-state index in [1.165, 1.54) is 6.92 Å². The summed E-state index contributed by atoms with van der Waals surface area (Å²) in [7, 11) is 0. The summed E-state index contributed by atoms with van der Waals surface area (Å²) in [5.74, 6) is -0.747. The quantitative estimate of drug-likeness (QED) is 0.907. The van der Waals surface area contributed by atoms with Crippen LogP contribution in [0.2, 0.25) is 0 Å². The normalized spacial score (nSPS) is 14.2. The number of carbonyl (C=O) groups is 1. The summed E-state index contributed by atoms with van der Waals surface area (Å²) in [4.78, 5) is 10.8. The van der Waals surface area contributed by atoms with Crippen molar-refractivity contribution in [2.45, 2.75) is 25.6 Å². The number of hydrogen-bond donors (Lipinski definition) is 1. The van der Waals surface area contributed by atoms with Gasteiger partial charge in [-0.05, 0) is 31.2 Å². The van der Waals surface area contributed by atoms with Gasteiger partial charge >= 0.3 is 5.97 Å². The first-order valence-corrected chi connectivity index (χ1v) is 5.57. The number of halogens is 2. The molecule has 3 nitrogen and oxygen atoms in total. The molecule has 0 amide bonds. The number of rotatable bonds is 5. The molecule has 0 radical (unpaired) electrons. The van der Waals surface area contributed by atoms with Crippen molar-refractivity contribution in [3.05, 3.63) is 28.7 Å². The lowest BCUT2D eigenvalue weighted by Crippen LogP contribution is -2.29. The molecule has 88 valence electrons. The monoisotopic (exact) mass is 290 g/mol. The highest BCUT2D eigenvalue weighted by atomic mass is 79.9. The Morgan fingerprint density at radius 1 is 1.50 bits per heavy atom. The minimum atomic E-state index is -1.21. The van der Waals surface area contributed by atoms with Gasteiger partial charge in [0.05, 0.1) is 0 Å². The van der Waals surface area contributed by atoms with Crippen molar-refractivity contribution in [2.24, 2.45) is 0 Å². The minimum absolute atomic E-state index is 0.161. The molecule has 0 fully saturated rings. The Bertz CT molecular complexity index is 351. The lowest BCUT2D eigenvalue weighted by Gasteiger charge is -2.15. The Kier molecular flexibility index (Phi) is 4.73. The molecule has 16 heavy (non-hydrogen) atoms. The van der Waals surface area contributed by atoms with Gasteiger partial charge in [-0.3, -0.25) is 0 Å². The van der Waals surface area contributed by atoms with E-state index in [0.29, 0.717) is 5.75 Å². The topological polar surface area (TPSA) is 46.5 Å². The molecule has 2 unspecified atom stereocenters. The summed E-state index contributed by atoms with van der Waals surface area (Å²) in [6.45, 7) is 1.31. The van der Waals surface area contributed by atoms with Crippen molar-refractivity contribution in [3.63, 3.8) is 0 Å². The molecule has 0 bridgehead atoms. The van der Waals surface area contributed by atoms with Gasteiger partial charge in [-0.2, -0.15) is 0 Å². The van der Waals surface area contributed by atoms with Gasteiger partial charge in [0.1, 0.15) is 11.9 Å². The van der Waals surface area contributed by atoms with Crippen molar-refractivity contribution in [1.82, 2.24) is 0 Å². The minimum Gasteiger partial charge on any atom is -0.479 e. The van der Waals surface area contributed by atoms with Crippen LogP contribution in [0.5, 0.6) is 5.75 Å². The maximum Gasteiger partial charge on any atom is 0.345 e. The first kappa shape index (κ1) is 13.0. The molecule has 5 heteroatoms. The second-order valence-electron chi connectivity index (χ2n) is 3.42. The van der Waals surface area contributed by atoms with Gasteiger partial charge in [-0.1, -0.05) is 15.9 Å². The van der Waals surface area contributed by atoms with Crippen molar-refractivity contribution in [3.8, 4) is 5.75 Å². The highest BCUT2D eigenvalue weighted by Crippen LogP contribution is 2.19. The largest absolute Gasteiger partial charge is 0.479 e. The number of alkyl halides is 1. The first-order chi connectivity index (χ1) is 7.49. The van der Waals surface area contributed by atoms with Gasteiger partial charge in [0, 0.05) is 10.9 Å². The van der Waals surface area contributed by atoms with Gasteiger partial charge in [-0.25, -0.2) is 9.18 Å². The third kappa shape index (κ3) is 4.18. The molecule has 0 aliphatic heterocycles. The first-order valence-electron chi connectivity index (χ1n) is 4.78. The number of aliphatic carboxylic acids is 1. The Labute approximate surface area is 101 Å². The van der Waals surface area contributed by atoms with Gasteiger partial charge in [0.25, 0.3) is 0 Å². The van der Waals surface area contributed by atoms with E-state index in [9.17, 15) is 9.18 Å². The van der Waals surface area contributed by atoms with Crippen LogP contribution in [0.1, 0.15) is 13.3 Å². The molecule has 2 atom stereocenters. The molecule has 1 N–H and O–H groups in total. The Hall–Kier alpha value is -1.10. The van der Waals surface area contributed by atoms with Crippen LogP contribution in [0.3, 0.4) is 0 Å². The van der Waals surface area contributed by atoms with Crippen LogP contribution in [0.25, 0.3) is 0 Å². The van der Waals surface area contributed by atoms with E-state index in [4.69, 9.17) is 9.84 Å². The highest BCUT2D eigenvalue weighted by molar-refractivity contribution is 9.10. The van der Waals surface area contributed by atoms with Gasteiger partial charge in [0.15, 0.2) is 6.10 Å². The Morgan fingerprint density at radius 2 is 2.06 bits per heavy atom. The van der Waals surface area contributed by atoms with Crippen LogP contribution in [0.4, 0.5) is 4.39 Å². The summed E-state index contributed by atoms with van der Waals surface area (Å²) < 4.78 is 18.8. The summed E-state index contributed by atoms with van der Waals surface area (Å²) in [6, 6.07) is 6.71. The molecule has 0 heterocycles. The van der Waals surface area contributed by atoms with Crippen molar-refractivity contribution in [2.75, 3.05) is 0 Å². The highest BCUT2D eigenvalue weighted by Gasteiger charge is 2.22. The maximum atomic E-state index is 12.7. The fraction of sp³-hybridized carbons (Fsp3) is 0.364. The molecule has 0 aliphatic rings. The van der Waals surface area contributed by atoms with Crippen LogP contribution in [0.15, 0.2) is 28.7 Å². The zero-order valence-corrected chi connectivity index (χ0v) is 10.3. The van der Waals surface area contributed by atoms with E-state index >= 15 is 0 Å². The molecule has 0 spiro atoms. The van der Waals surface area contributed by atoms with E-state index in [0.717, 1.165) is 4.47 Å². The number of carboxylic acid groups (broad SMARTS) is 1. The second-order valence-corrected chi connectivity index (χ2v) is 4.33. The molecule has 0 saturated heterocycles. The van der Waals surface area contributed by atoms with Crippen molar-refractivity contribution < 1.29 is 19.0 Å². The smallest absolute Gasteiger partial charge is 0.345 e. The number of hydrogen-bond acceptors (Lipinski definition) is 2. The van der Waals surface area contributed by atoms with Gasteiger partial charge < -0.3 is 9.84 Å². The van der Waals surface area contributed by atoms with E-state index in [-0.39, 0.29) is 6.42 Å². The molecule has 1 rings (SSSR count). The van der Waals surface area contributed by atoms with Gasteiger partial charge in [-0.15, -0.1) is 0 Å². The predicted octanol–water partition coefficient (Wildman–Crippen LogP) is 3.03. The molecular weight excluding hydrogens is 279 g/mol. The van der Waals surface area contributed by atoms with Crippen LogP contribution < -0.4 is 4.74 Å². The van der Waals surface area contributed by atoms with E-state index in [1.807, 2.05) is 0 Å². The average molecular weight is 291 g/mol. The molecule has 1 aromatic rings. The van der Waals surface area contributed by atoms with E-state index in [2.05, 4.69) is 15.9 Å². The van der Waals surface area contributed by atoms with E-state index in [1.54, 1.807) is 24.3 Å². The molecule has 1 aromatic carbocycles. The second kappa shape index (κ2) is 5.84. The molecular formula is C11H12BrFO3. The standard InChI is InChI=1S/C11H12BrFO3/c1-7(13)6-10(11(14)15)16-9-4-2-8(12)3-5-9/h2-5,7,10H,6H2,1H3,(H,14,15). The third-order valence-electron chi connectivity index (χ3n) is 1.91. The zero-order valence-electron chi connectivity index (χ0n) is 8.69. The molecule has 0 aliphatic carbocycles. The third-order valence-corrected chi connectivity index (χ3v) is 2.43. The maximum absolute atomic E-state index is 12.7. The summed E-state index contributed by atoms with van der Waals surface area (Å²) in [5.41, 5.74) is 0. The van der Waals surface area contributed by atoms with E-state index < -0.39 is 18.2 Å². The Morgan fingerprint density at radius 3 is 2.50 bits per heavy atom. The molecule has 0 saturated carbocycles. The molecule has 0 aromatic heterocycles. The van der Waals surface area contributed by atoms with Crippen LogP contribution in [-0.2, 0) is 4.79 Å².